The summed E-state index contributed by atoms with van der Waals surface area (Å²) in [5, 5.41) is 0.730. The van der Waals surface area contributed by atoms with E-state index in [4.69, 9.17) is 4.74 Å². The van der Waals surface area contributed by atoms with Crippen molar-refractivity contribution >= 4 is 17.0 Å². The molecule has 1 amide bonds. The number of rotatable bonds is 0. The van der Waals surface area contributed by atoms with E-state index in [1.807, 2.05) is 19.1 Å². The largest absolute Gasteiger partial charge is 0.444 e. The third kappa shape index (κ3) is 2.90. The Hall–Kier alpha value is -2.11. The molecule has 0 atom stereocenters. The van der Waals surface area contributed by atoms with Crippen molar-refractivity contribution in [1.29, 1.82) is 0 Å². The van der Waals surface area contributed by atoms with E-state index >= 15 is 0 Å². The number of carbonyl (C=O) groups is 1. The first-order valence-electron chi connectivity index (χ1n) is 7.54. The van der Waals surface area contributed by atoms with Crippen LogP contribution < -0.4 is 0 Å². The van der Waals surface area contributed by atoms with E-state index in [-0.39, 0.29) is 12.2 Å². The summed E-state index contributed by atoms with van der Waals surface area (Å²) < 4.78 is 34.2. The van der Waals surface area contributed by atoms with E-state index in [0.29, 0.717) is 11.1 Å². The molecule has 0 saturated heterocycles. The molecule has 0 fully saturated rings. The Balaban J connectivity index is 2.02. The number of nitrogens with zero attached hydrogens (tertiary/aromatic N) is 1. The maximum atomic E-state index is 14.5. The highest BCUT2D eigenvalue weighted by molar-refractivity contribution is 5.86. The second-order valence-electron chi connectivity index (χ2n) is 7.07. The third-order valence-corrected chi connectivity index (χ3v) is 3.82. The van der Waals surface area contributed by atoms with Crippen LogP contribution in [0.2, 0.25) is 0 Å². The van der Waals surface area contributed by atoms with E-state index in [9.17, 15) is 13.6 Å². The molecule has 6 heteroatoms. The zero-order valence-electron chi connectivity index (χ0n) is 13.7. The van der Waals surface area contributed by atoms with Crippen LogP contribution in [0, 0.1) is 6.92 Å². The van der Waals surface area contributed by atoms with Gasteiger partial charge < -0.3 is 9.72 Å². The molecule has 2 heterocycles. The number of aromatic nitrogens is 1. The Morgan fingerprint density at radius 1 is 1.35 bits per heavy atom. The average molecular weight is 322 g/mol. The van der Waals surface area contributed by atoms with Crippen LogP contribution in [0.4, 0.5) is 13.6 Å². The lowest BCUT2D eigenvalue weighted by atomic mass is 10.0. The molecule has 124 valence electrons. The second-order valence-corrected chi connectivity index (χ2v) is 7.07. The van der Waals surface area contributed by atoms with Crippen molar-refractivity contribution in [2.24, 2.45) is 0 Å². The summed E-state index contributed by atoms with van der Waals surface area (Å²) in [6, 6.07) is 5.52. The summed E-state index contributed by atoms with van der Waals surface area (Å²) in [5.74, 6) is -3.13. The number of hydrogen-bond acceptors (Lipinski definition) is 2. The van der Waals surface area contributed by atoms with Crippen LogP contribution in [0.25, 0.3) is 10.9 Å². The lowest BCUT2D eigenvalue weighted by molar-refractivity contribution is -0.0614. The highest BCUT2D eigenvalue weighted by Crippen LogP contribution is 2.40. The van der Waals surface area contributed by atoms with Gasteiger partial charge in [-0.25, -0.2) is 4.79 Å². The van der Waals surface area contributed by atoms with Crippen LogP contribution >= 0.6 is 0 Å². The van der Waals surface area contributed by atoms with E-state index in [0.717, 1.165) is 15.8 Å². The molecule has 23 heavy (non-hydrogen) atoms. The normalized spacial score (nSPS) is 17.2. The van der Waals surface area contributed by atoms with E-state index < -0.39 is 24.2 Å². The van der Waals surface area contributed by atoms with Crippen LogP contribution in [0.1, 0.15) is 37.6 Å². The van der Waals surface area contributed by atoms with Crippen LogP contribution in [0.3, 0.4) is 0 Å². The van der Waals surface area contributed by atoms with Crippen molar-refractivity contribution in [3.63, 3.8) is 0 Å². The number of ether oxygens (including phenoxy) is 1. The van der Waals surface area contributed by atoms with Gasteiger partial charge in [-0.15, -0.1) is 0 Å². The zero-order valence-corrected chi connectivity index (χ0v) is 13.7. The van der Waals surface area contributed by atoms with E-state index in [2.05, 4.69) is 4.98 Å². The lowest BCUT2D eigenvalue weighted by Gasteiger charge is -2.34. The number of fused-ring (bicyclic) bond motifs is 3. The minimum atomic E-state index is -3.13. The molecule has 0 radical (unpaired) electrons. The predicted molar refractivity (Wildman–Crippen MR) is 83.6 cm³/mol. The van der Waals surface area contributed by atoms with Gasteiger partial charge in [0.1, 0.15) is 5.60 Å². The standard InChI is InChI=1S/C17H20F2N2O2/c1-10-5-6-13-11(7-10)12-8-21(15(22)23-16(2,3)4)9-17(18,19)14(12)20-13/h5-7,20H,8-9H2,1-4H3. The van der Waals surface area contributed by atoms with Crippen LogP contribution in [-0.2, 0) is 17.2 Å². The Morgan fingerprint density at radius 2 is 2.04 bits per heavy atom. The maximum Gasteiger partial charge on any atom is 0.410 e. The molecule has 1 aromatic heterocycles. The summed E-state index contributed by atoms with van der Waals surface area (Å²) >= 11 is 0. The van der Waals surface area contributed by atoms with Gasteiger partial charge in [-0.3, -0.25) is 4.90 Å². The third-order valence-electron chi connectivity index (χ3n) is 3.82. The number of hydrogen-bond donors (Lipinski definition) is 1. The van der Waals surface area contributed by atoms with Crippen molar-refractivity contribution in [3.8, 4) is 0 Å². The highest BCUT2D eigenvalue weighted by Gasteiger charge is 2.45. The minimum absolute atomic E-state index is 0.0992. The number of aryl methyl sites for hydroxylation is 1. The Kier molecular flexibility index (Phi) is 3.39. The number of nitrogens with one attached hydrogen (secondary N) is 1. The highest BCUT2D eigenvalue weighted by atomic mass is 19.3. The molecule has 0 aliphatic carbocycles. The Bertz CT molecular complexity index is 775. The lowest BCUT2D eigenvalue weighted by Crippen LogP contribution is -2.45. The monoisotopic (exact) mass is 322 g/mol. The van der Waals surface area contributed by atoms with Gasteiger partial charge in [0, 0.05) is 16.5 Å². The molecule has 2 aromatic rings. The average Bonchev–Trinajstić information content (AvgIpc) is 2.75. The quantitative estimate of drug-likeness (QED) is 0.785. The minimum Gasteiger partial charge on any atom is -0.444 e. The van der Waals surface area contributed by atoms with Gasteiger partial charge in [-0.05, 0) is 39.8 Å². The Labute approximate surface area is 133 Å². The predicted octanol–water partition coefficient (Wildman–Crippen LogP) is 4.32. The van der Waals surface area contributed by atoms with Crippen molar-refractivity contribution in [2.75, 3.05) is 6.54 Å². The first-order chi connectivity index (χ1) is 10.6. The number of benzene rings is 1. The van der Waals surface area contributed by atoms with Crippen molar-refractivity contribution in [3.05, 3.63) is 35.0 Å². The second kappa shape index (κ2) is 4.94. The van der Waals surface area contributed by atoms with Crippen molar-refractivity contribution in [1.82, 2.24) is 9.88 Å². The van der Waals surface area contributed by atoms with Crippen LogP contribution in [0.5, 0.6) is 0 Å². The fourth-order valence-electron chi connectivity index (χ4n) is 2.86. The first-order valence-corrected chi connectivity index (χ1v) is 7.54. The zero-order chi connectivity index (χ0) is 17.0. The van der Waals surface area contributed by atoms with E-state index in [1.165, 1.54) is 0 Å². The maximum absolute atomic E-state index is 14.5. The molecular formula is C17H20F2N2O2. The molecule has 0 saturated carbocycles. The van der Waals surface area contributed by atoms with Crippen molar-refractivity contribution in [2.45, 2.75) is 45.8 Å². The molecule has 1 N–H and O–H groups in total. The van der Waals surface area contributed by atoms with Gasteiger partial charge in [-0.1, -0.05) is 11.6 Å². The SMILES string of the molecule is Cc1ccc2[nH]c3c(c2c1)CN(C(=O)OC(C)(C)C)CC3(F)F. The molecule has 4 nitrogen and oxygen atoms in total. The molecule has 0 bridgehead atoms. The summed E-state index contributed by atoms with van der Waals surface area (Å²) in [6.45, 7) is 6.49. The van der Waals surface area contributed by atoms with Gasteiger partial charge in [0.15, 0.2) is 0 Å². The van der Waals surface area contributed by atoms with Gasteiger partial charge in [0.2, 0.25) is 0 Å². The number of H-pyrrole nitrogens is 1. The molecule has 3 rings (SSSR count). The van der Waals surface area contributed by atoms with Gasteiger partial charge in [0.25, 0.3) is 0 Å². The van der Waals surface area contributed by atoms with Crippen molar-refractivity contribution < 1.29 is 18.3 Å². The summed E-state index contributed by atoms with van der Waals surface area (Å²) in [5.41, 5.74) is 1.29. The summed E-state index contributed by atoms with van der Waals surface area (Å²) in [4.78, 5) is 16.1. The molecular weight excluding hydrogens is 302 g/mol. The number of halogens is 2. The molecule has 0 spiro atoms. The first kappa shape index (κ1) is 15.8. The molecule has 0 unspecified atom stereocenters. The van der Waals surface area contributed by atoms with Crippen LogP contribution in [-0.4, -0.2) is 28.1 Å². The smallest absolute Gasteiger partial charge is 0.410 e. The number of carbonyl (C=O) groups excluding carboxylic acids is 1. The summed E-state index contributed by atoms with van der Waals surface area (Å²) in [7, 11) is 0. The molecule has 1 aromatic carbocycles. The topological polar surface area (TPSA) is 45.3 Å². The molecule has 1 aliphatic rings. The van der Waals surface area contributed by atoms with Gasteiger partial charge >= 0.3 is 12.0 Å². The van der Waals surface area contributed by atoms with Gasteiger partial charge in [0.05, 0.1) is 18.8 Å². The fourth-order valence-corrected chi connectivity index (χ4v) is 2.86. The number of aromatic amines is 1. The number of amides is 1. The Morgan fingerprint density at radius 3 is 2.70 bits per heavy atom. The summed E-state index contributed by atoms with van der Waals surface area (Å²) in [6.07, 6.45) is -0.718. The van der Waals surface area contributed by atoms with Gasteiger partial charge in [-0.2, -0.15) is 8.78 Å². The van der Waals surface area contributed by atoms with E-state index in [1.54, 1.807) is 26.8 Å². The fraction of sp³-hybridized carbons (Fsp3) is 0.471. The van der Waals surface area contributed by atoms with Crippen LogP contribution in [0.15, 0.2) is 18.2 Å². The number of alkyl halides is 2. The molecule has 1 aliphatic heterocycles.